The number of hydrogen-bond acceptors (Lipinski definition) is 3. The monoisotopic (exact) mass is 376 g/mol. The van der Waals surface area contributed by atoms with Crippen molar-refractivity contribution < 1.29 is 4.79 Å². The zero-order valence-electron chi connectivity index (χ0n) is 16.2. The van der Waals surface area contributed by atoms with E-state index < -0.39 is 0 Å². The second kappa shape index (κ2) is 8.91. The Hall–Kier alpha value is -2.82. The molecule has 3 aromatic rings. The summed E-state index contributed by atoms with van der Waals surface area (Å²) in [4.78, 5) is 20.0. The number of H-pyrrole nitrogens is 1. The van der Waals surface area contributed by atoms with E-state index in [1.165, 1.54) is 49.5 Å². The maximum atomic E-state index is 12.4. The number of benzene rings is 1. The number of rotatable bonds is 6. The zero-order chi connectivity index (χ0) is 19.2. The minimum atomic E-state index is -0.124. The molecule has 0 spiro atoms. The summed E-state index contributed by atoms with van der Waals surface area (Å²) < 4.78 is 0. The maximum Gasteiger partial charge on any atom is 0.269 e. The summed E-state index contributed by atoms with van der Waals surface area (Å²) in [7, 11) is 0. The van der Waals surface area contributed by atoms with E-state index in [0.29, 0.717) is 18.3 Å². The van der Waals surface area contributed by atoms with Crippen molar-refractivity contribution in [2.24, 2.45) is 0 Å². The fourth-order valence-electron chi connectivity index (χ4n) is 4.01. The SMILES string of the molecule is O=C(NCCc1c[nH]c2ccccc12)c1ccc(NC2CCCCCC2)cn1. The molecule has 1 saturated carbocycles. The first kappa shape index (κ1) is 18.5. The third-order valence-corrected chi connectivity index (χ3v) is 5.58. The highest BCUT2D eigenvalue weighted by Crippen LogP contribution is 2.21. The Morgan fingerprint density at radius 1 is 1.07 bits per heavy atom. The van der Waals surface area contributed by atoms with E-state index in [1.54, 1.807) is 12.3 Å². The quantitative estimate of drug-likeness (QED) is 0.548. The lowest BCUT2D eigenvalue weighted by Crippen LogP contribution is -2.26. The van der Waals surface area contributed by atoms with Gasteiger partial charge in [-0.05, 0) is 43.0 Å². The molecule has 1 amide bonds. The summed E-state index contributed by atoms with van der Waals surface area (Å²) in [6, 6.07) is 12.5. The molecule has 0 aliphatic heterocycles. The molecular formula is C23H28N4O. The highest BCUT2D eigenvalue weighted by molar-refractivity contribution is 5.92. The molecule has 1 fully saturated rings. The largest absolute Gasteiger partial charge is 0.381 e. The topological polar surface area (TPSA) is 69.8 Å². The van der Waals surface area contributed by atoms with E-state index in [1.807, 2.05) is 24.4 Å². The number of amides is 1. The lowest BCUT2D eigenvalue weighted by molar-refractivity contribution is 0.0949. The van der Waals surface area contributed by atoms with E-state index in [-0.39, 0.29) is 5.91 Å². The fourth-order valence-corrected chi connectivity index (χ4v) is 4.01. The Labute approximate surface area is 166 Å². The van der Waals surface area contributed by atoms with Gasteiger partial charge in [0.1, 0.15) is 5.69 Å². The van der Waals surface area contributed by atoms with Crippen LogP contribution in [-0.2, 0) is 6.42 Å². The molecule has 3 N–H and O–H groups in total. The summed E-state index contributed by atoms with van der Waals surface area (Å²) in [6.45, 7) is 0.588. The van der Waals surface area contributed by atoms with Gasteiger partial charge in [-0.15, -0.1) is 0 Å². The van der Waals surface area contributed by atoms with Gasteiger partial charge in [0.15, 0.2) is 0 Å². The van der Waals surface area contributed by atoms with E-state index >= 15 is 0 Å². The van der Waals surface area contributed by atoms with Gasteiger partial charge in [-0.25, -0.2) is 4.98 Å². The zero-order valence-corrected chi connectivity index (χ0v) is 16.2. The van der Waals surface area contributed by atoms with Crippen LogP contribution >= 0.6 is 0 Å². The first-order valence-corrected chi connectivity index (χ1v) is 10.4. The summed E-state index contributed by atoms with van der Waals surface area (Å²) >= 11 is 0. The minimum absolute atomic E-state index is 0.124. The molecule has 2 aromatic heterocycles. The molecule has 4 rings (SSSR count). The van der Waals surface area contributed by atoms with Crippen LogP contribution in [0, 0.1) is 0 Å². The van der Waals surface area contributed by atoms with E-state index in [2.05, 4.69) is 32.7 Å². The lowest BCUT2D eigenvalue weighted by atomic mass is 10.1. The molecule has 146 valence electrons. The van der Waals surface area contributed by atoms with E-state index in [4.69, 9.17) is 0 Å². The van der Waals surface area contributed by atoms with E-state index in [0.717, 1.165) is 17.6 Å². The van der Waals surface area contributed by atoms with Crippen molar-refractivity contribution in [3.63, 3.8) is 0 Å². The molecule has 28 heavy (non-hydrogen) atoms. The van der Waals surface area contributed by atoms with Crippen molar-refractivity contribution in [1.29, 1.82) is 0 Å². The summed E-state index contributed by atoms with van der Waals surface area (Å²) in [5.74, 6) is -0.124. The van der Waals surface area contributed by atoms with Gasteiger partial charge in [-0.3, -0.25) is 4.79 Å². The summed E-state index contributed by atoms with van der Waals surface area (Å²) in [5.41, 5.74) is 3.81. The van der Waals surface area contributed by atoms with Crippen LogP contribution in [0.25, 0.3) is 10.9 Å². The Morgan fingerprint density at radius 3 is 2.68 bits per heavy atom. The van der Waals surface area contributed by atoms with Crippen LogP contribution in [0.15, 0.2) is 48.8 Å². The van der Waals surface area contributed by atoms with Crippen LogP contribution in [0.4, 0.5) is 5.69 Å². The number of para-hydroxylation sites is 1. The standard InChI is InChI=1S/C23H28N4O/c28-23(24-14-13-17-15-25-21-10-6-5-9-20(17)21)22-12-11-19(16-26-22)27-18-7-3-1-2-4-8-18/h5-6,9-12,15-16,18,25,27H,1-4,7-8,13-14H2,(H,24,28). The van der Waals surface area contributed by atoms with Crippen LogP contribution < -0.4 is 10.6 Å². The van der Waals surface area contributed by atoms with Crippen molar-refractivity contribution in [2.45, 2.75) is 51.0 Å². The van der Waals surface area contributed by atoms with Crippen molar-refractivity contribution in [3.05, 3.63) is 60.0 Å². The van der Waals surface area contributed by atoms with Crippen molar-refractivity contribution in [3.8, 4) is 0 Å². The average Bonchev–Trinajstić information content (AvgIpc) is 2.96. The Bertz CT molecular complexity index is 908. The molecule has 0 unspecified atom stereocenters. The molecule has 5 nitrogen and oxygen atoms in total. The third kappa shape index (κ3) is 4.53. The molecule has 0 bridgehead atoms. The van der Waals surface area contributed by atoms with E-state index in [9.17, 15) is 4.79 Å². The summed E-state index contributed by atoms with van der Waals surface area (Å²) in [6.07, 6.45) is 12.3. The molecule has 1 aromatic carbocycles. The normalized spacial score (nSPS) is 15.3. The minimum Gasteiger partial charge on any atom is -0.381 e. The molecule has 0 atom stereocenters. The van der Waals surface area contributed by atoms with Gasteiger partial charge in [0.25, 0.3) is 5.91 Å². The van der Waals surface area contributed by atoms with Crippen LogP contribution in [0.3, 0.4) is 0 Å². The maximum absolute atomic E-state index is 12.4. The summed E-state index contributed by atoms with van der Waals surface area (Å²) in [5, 5.41) is 7.76. The molecule has 0 saturated heterocycles. The van der Waals surface area contributed by atoms with Crippen LogP contribution in [0.1, 0.15) is 54.6 Å². The molecule has 0 radical (unpaired) electrons. The second-order valence-corrected chi connectivity index (χ2v) is 7.63. The van der Waals surface area contributed by atoms with Gasteiger partial charge in [0.2, 0.25) is 0 Å². The number of aromatic amines is 1. The van der Waals surface area contributed by atoms with Gasteiger partial charge in [0, 0.05) is 29.7 Å². The number of carbonyl (C=O) groups is 1. The number of hydrogen-bond donors (Lipinski definition) is 3. The van der Waals surface area contributed by atoms with Gasteiger partial charge >= 0.3 is 0 Å². The number of pyridine rings is 1. The van der Waals surface area contributed by atoms with Crippen molar-refractivity contribution in [2.75, 3.05) is 11.9 Å². The molecule has 1 aliphatic rings. The third-order valence-electron chi connectivity index (χ3n) is 5.58. The molecular weight excluding hydrogens is 348 g/mol. The number of aromatic nitrogens is 2. The van der Waals surface area contributed by atoms with Gasteiger partial charge in [-0.2, -0.15) is 0 Å². The molecule has 1 aliphatic carbocycles. The first-order chi connectivity index (χ1) is 13.8. The lowest BCUT2D eigenvalue weighted by Gasteiger charge is -2.17. The molecule has 5 heteroatoms. The smallest absolute Gasteiger partial charge is 0.269 e. The first-order valence-electron chi connectivity index (χ1n) is 10.4. The highest BCUT2D eigenvalue weighted by Gasteiger charge is 2.13. The van der Waals surface area contributed by atoms with Gasteiger partial charge in [-0.1, -0.05) is 43.9 Å². The average molecular weight is 377 g/mol. The highest BCUT2D eigenvalue weighted by atomic mass is 16.1. The predicted molar refractivity (Wildman–Crippen MR) is 114 cm³/mol. The number of nitrogens with zero attached hydrogens (tertiary/aromatic N) is 1. The van der Waals surface area contributed by atoms with Crippen molar-refractivity contribution in [1.82, 2.24) is 15.3 Å². The van der Waals surface area contributed by atoms with Gasteiger partial charge < -0.3 is 15.6 Å². The Morgan fingerprint density at radius 2 is 1.89 bits per heavy atom. The van der Waals surface area contributed by atoms with Gasteiger partial charge in [0.05, 0.1) is 11.9 Å². The number of nitrogens with one attached hydrogen (secondary N) is 3. The Balaban J connectivity index is 1.28. The van der Waals surface area contributed by atoms with Crippen LogP contribution in [0.5, 0.6) is 0 Å². The van der Waals surface area contributed by atoms with Crippen molar-refractivity contribution >= 4 is 22.5 Å². The molecule has 2 heterocycles. The van der Waals surface area contributed by atoms with Crippen LogP contribution in [0.2, 0.25) is 0 Å². The van der Waals surface area contributed by atoms with Crippen LogP contribution in [-0.4, -0.2) is 28.5 Å². The number of fused-ring (bicyclic) bond motifs is 1. The number of carbonyl (C=O) groups excluding carboxylic acids is 1. The number of anilines is 1. The Kier molecular flexibility index (Phi) is 5.90. The second-order valence-electron chi connectivity index (χ2n) is 7.63. The fraction of sp³-hybridized carbons (Fsp3) is 0.391. The predicted octanol–water partition coefficient (Wildman–Crippen LogP) is 4.67.